The molecule has 2 aromatic carbocycles. The van der Waals surface area contributed by atoms with Gasteiger partial charge in [-0.3, -0.25) is 0 Å². The number of hydrogen-bond donors (Lipinski definition) is 0. The Morgan fingerprint density at radius 3 is 1.73 bits per heavy atom. The number of halogens is 4. The Balaban J connectivity index is 0.00000338. The van der Waals surface area contributed by atoms with Gasteiger partial charge in [0.1, 0.15) is 11.5 Å². The molecule has 0 radical (unpaired) electrons. The first-order valence-corrected chi connectivity index (χ1v) is 7.79. The fourth-order valence-electron chi connectivity index (χ4n) is 2.08. The molecule has 2 nitrogen and oxygen atoms in total. The summed E-state index contributed by atoms with van der Waals surface area (Å²) < 4.78 is 60.0. The van der Waals surface area contributed by atoms with Crippen LogP contribution in [0.2, 0.25) is 0 Å². The van der Waals surface area contributed by atoms with Crippen molar-refractivity contribution >= 4 is 0 Å². The van der Waals surface area contributed by atoms with Crippen LogP contribution in [0.1, 0.15) is 17.5 Å². The molecule has 0 saturated carbocycles. The maximum absolute atomic E-state index is 12.8. The average Bonchev–Trinajstić information content (AvgIpc) is 2.60. The SMILES string of the molecule is [CH2-]CCOc1ccc(Cc2ccc(OCC(F)(F)C(F)F)cc2)cc1.[W]. The van der Waals surface area contributed by atoms with Crippen molar-refractivity contribution in [3.05, 3.63) is 66.6 Å². The summed E-state index contributed by atoms with van der Waals surface area (Å²) in [6.45, 7) is 2.91. The summed E-state index contributed by atoms with van der Waals surface area (Å²) >= 11 is 0. The molecule has 2 aromatic rings. The van der Waals surface area contributed by atoms with Crippen LogP contribution in [0.3, 0.4) is 0 Å². The molecule has 26 heavy (non-hydrogen) atoms. The molecule has 0 N–H and O–H groups in total. The zero-order valence-corrected chi connectivity index (χ0v) is 16.9. The Morgan fingerprint density at radius 1 is 0.846 bits per heavy atom. The van der Waals surface area contributed by atoms with Crippen molar-refractivity contribution in [2.45, 2.75) is 25.2 Å². The Bertz CT molecular complexity index is 646. The molecule has 0 aliphatic carbocycles. The van der Waals surface area contributed by atoms with Crippen molar-refractivity contribution in [1.29, 1.82) is 0 Å². The molecule has 0 aliphatic heterocycles. The van der Waals surface area contributed by atoms with Crippen LogP contribution in [0.25, 0.3) is 0 Å². The molecule has 0 heterocycles. The summed E-state index contributed by atoms with van der Waals surface area (Å²) in [4.78, 5) is 0. The summed E-state index contributed by atoms with van der Waals surface area (Å²) in [5.41, 5.74) is 2.00. The first-order chi connectivity index (χ1) is 11.9. The van der Waals surface area contributed by atoms with Gasteiger partial charge in [-0.15, -0.1) is 6.42 Å². The van der Waals surface area contributed by atoms with Gasteiger partial charge >= 0.3 is 12.3 Å². The van der Waals surface area contributed by atoms with Gasteiger partial charge in [0.05, 0.1) is 6.61 Å². The largest absolute Gasteiger partial charge is 0.496 e. The van der Waals surface area contributed by atoms with E-state index in [1.54, 1.807) is 12.1 Å². The van der Waals surface area contributed by atoms with Gasteiger partial charge in [0.25, 0.3) is 0 Å². The van der Waals surface area contributed by atoms with Gasteiger partial charge in [-0.2, -0.15) is 8.78 Å². The van der Waals surface area contributed by atoms with Gasteiger partial charge in [-0.25, -0.2) is 8.78 Å². The monoisotopic (exact) mass is 539 g/mol. The number of benzene rings is 2. The minimum Gasteiger partial charge on any atom is -0.496 e. The molecular formula is C19H19F4O2W-. The molecule has 0 amide bonds. The van der Waals surface area contributed by atoms with Crippen molar-refractivity contribution in [1.82, 2.24) is 0 Å². The second-order valence-electron chi connectivity index (χ2n) is 5.52. The van der Waals surface area contributed by atoms with Crippen molar-refractivity contribution in [2.24, 2.45) is 0 Å². The van der Waals surface area contributed by atoms with E-state index < -0.39 is 19.0 Å². The van der Waals surface area contributed by atoms with Crippen LogP contribution in [0.15, 0.2) is 48.5 Å². The summed E-state index contributed by atoms with van der Waals surface area (Å²) in [5.74, 6) is -3.26. The Hall–Kier alpha value is -1.55. The molecule has 0 spiro atoms. The normalized spacial score (nSPS) is 11.2. The number of alkyl halides is 4. The van der Waals surface area contributed by atoms with Gasteiger partial charge < -0.3 is 16.4 Å². The minimum atomic E-state index is -4.16. The summed E-state index contributed by atoms with van der Waals surface area (Å²) in [6.07, 6.45) is -2.41. The maximum Gasteiger partial charge on any atom is 0.340 e. The molecule has 0 fully saturated rings. The van der Waals surface area contributed by atoms with E-state index in [0.717, 1.165) is 16.9 Å². The van der Waals surface area contributed by atoms with Gasteiger partial charge in [-0.1, -0.05) is 24.3 Å². The molecule has 0 aliphatic rings. The Morgan fingerprint density at radius 2 is 1.31 bits per heavy atom. The first-order valence-electron chi connectivity index (χ1n) is 7.79. The third kappa shape index (κ3) is 6.99. The van der Waals surface area contributed by atoms with E-state index in [1.165, 1.54) is 12.1 Å². The van der Waals surface area contributed by atoms with Gasteiger partial charge in [0.15, 0.2) is 6.61 Å². The number of ether oxygens (including phenoxy) is 2. The van der Waals surface area contributed by atoms with Crippen molar-refractivity contribution < 1.29 is 48.1 Å². The number of rotatable bonds is 9. The fourth-order valence-corrected chi connectivity index (χ4v) is 2.08. The molecule has 0 bridgehead atoms. The van der Waals surface area contributed by atoms with Crippen LogP contribution in [0.4, 0.5) is 17.6 Å². The molecule has 7 heteroatoms. The smallest absolute Gasteiger partial charge is 0.340 e. The van der Waals surface area contributed by atoms with Crippen LogP contribution < -0.4 is 9.47 Å². The molecule has 142 valence electrons. The third-order valence-corrected chi connectivity index (χ3v) is 3.42. The molecule has 0 unspecified atom stereocenters. The van der Waals surface area contributed by atoms with Gasteiger partial charge in [-0.05, 0) is 41.8 Å². The molecule has 0 atom stereocenters. The van der Waals surface area contributed by atoms with Crippen molar-refractivity contribution in [2.75, 3.05) is 13.2 Å². The first kappa shape index (κ1) is 22.5. The Kier molecular flexibility index (Phi) is 9.14. The van der Waals surface area contributed by atoms with Crippen LogP contribution >= 0.6 is 0 Å². The maximum atomic E-state index is 12.8. The van der Waals surface area contributed by atoms with E-state index in [0.29, 0.717) is 19.4 Å². The average molecular weight is 539 g/mol. The topological polar surface area (TPSA) is 18.5 Å². The zero-order valence-electron chi connectivity index (χ0n) is 14.0. The molecule has 2 rings (SSSR count). The quantitative estimate of drug-likeness (QED) is 0.324. The number of hydrogen-bond acceptors (Lipinski definition) is 2. The van der Waals surface area contributed by atoms with E-state index in [1.807, 2.05) is 24.3 Å². The zero-order chi connectivity index (χ0) is 18.3. The summed E-state index contributed by atoms with van der Waals surface area (Å²) in [6, 6.07) is 14.0. The van der Waals surface area contributed by atoms with E-state index in [4.69, 9.17) is 9.47 Å². The Labute approximate surface area is 164 Å². The summed E-state index contributed by atoms with van der Waals surface area (Å²) in [5, 5.41) is 0. The van der Waals surface area contributed by atoms with Crippen LogP contribution in [-0.2, 0) is 27.5 Å². The van der Waals surface area contributed by atoms with Crippen molar-refractivity contribution in [3.63, 3.8) is 0 Å². The van der Waals surface area contributed by atoms with E-state index >= 15 is 0 Å². The van der Waals surface area contributed by atoms with E-state index in [2.05, 4.69) is 6.92 Å². The predicted octanol–water partition coefficient (Wildman–Crippen LogP) is 5.16. The van der Waals surface area contributed by atoms with E-state index in [-0.39, 0.29) is 26.8 Å². The van der Waals surface area contributed by atoms with Crippen LogP contribution in [-0.4, -0.2) is 25.6 Å². The van der Waals surface area contributed by atoms with Gasteiger partial charge in [0.2, 0.25) is 0 Å². The van der Waals surface area contributed by atoms with Crippen LogP contribution in [0.5, 0.6) is 11.5 Å². The second kappa shape index (κ2) is 10.6. The summed E-state index contributed by atoms with van der Waals surface area (Å²) in [7, 11) is 0. The van der Waals surface area contributed by atoms with Crippen molar-refractivity contribution in [3.8, 4) is 11.5 Å². The van der Waals surface area contributed by atoms with E-state index in [9.17, 15) is 17.6 Å². The predicted molar refractivity (Wildman–Crippen MR) is 87.6 cm³/mol. The van der Waals surface area contributed by atoms with Gasteiger partial charge in [0, 0.05) is 21.1 Å². The molecule has 0 saturated heterocycles. The molecular weight excluding hydrogens is 520 g/mol. The fraction of sp³-hybridized carbons (Fsp3) is 0.316. The minimum absolute atomic E-state index is 0. The third-order valence-electron chi connectivity index (χ3n) is 3.42. The standard InChI is InChI=1S/C19H19F4O2.W/c1-2-11-24-16-7-3-14(4-8-16)12-15-5-9-17(10-6-15)25-13-19(22,23)18(20)21;/h3-10,18H,1-2,11-13H2;/q-1;. The molecule has 0 aromatic heterocycles. The second-order valence-corrected chi connectivity index (χ2v) is 5.52. The van der Waals surface area contributed by atoms with Crippen LogP contribution in [0, 0.1) is 6.92 Å².